The van der Waals surface area contributed by atoms with E-state index < -0.39 is 0 Å². The quantitative estimate of drug-likeness (QED) is 0.152. The minimum atomic E-state index is 0. The summed E-state index contributed by atoms with van der Waals surface area (Å²) in [5.74, 6) is 3.28. The molecule has 0 fully saturated rings. The first-order valence-electron chi connectivity index (χ1n) is 14.7. The first kappa shape index (κ1) is 30.4. The average molecular weight is 772 g/mol. The number of ether oxygens (including phenoxy) is 2. The molecule has 0 unspecified atom stereocenters. The van der Waals surface area contributed by atoms with Crippen molar-refractivity contribution < 1.29 is 30.5 Å². The number of fused-ring (bicyclic) bond motifs is 3. The van der Waals surface area contributed by atoms with Crippen LogP contribution in [0.2, 0.25) is 0 Å². The largest absolute Gasteiger partial charge is 2.00 e. The Kier molecular flexibility index (Phi) is 8.35. The van der Waals surface area contributed by atoms with Gasteiger partial charge in [-0.05, 0) is 83.4 Å². The van der Waals surface area contributed by atoms with Crippen LogP contribution in [0.3, 0.4) is 0 Å². The Morgan fingerprint density at radius 3 is 2.38 bits per heavy atom. The molecule has 45 heavy (non-hydrogen) atoms. The third-order valence-corrected chi connectivity index (χ3v) is 8.06. The number of rotatable bonds is 7. The molecule has 0 saturated heterocycles. The van der Waals surface area contributed by atoms with E-state index in [2.05, 4.69) is 92.0 Å². The molecule has 4 aromatic carbocycles. The van der Waals surface area contributed by atoms with Crippen molar-refractivity contribution in [1.29, 1.82) is 0 Å². The number of nitrogens with zero attached hydrogens (tertiary/aromatic N) is 4. The number of aromatic nitrogens is 4. The van der Waals surface area contributed by atoms with Crippen molar-refractivity contribution in [3.63, 3.8) is 0 Å². The van der Waals surface area contributed by atoms with Crippen molar-refractivity contribution in [2.45, 2.75) is 33.6 Å². The molecule has 0 aliphatic rings. The van der Waals surface area contributed by atoms with Crippen LogP contribution in [0.1, 0.15) is 36.5 Å². The Bertz CT molecular complexity index is 2140. The van der Waals surface area contributed by atoms with Gasteiger partial charge in [-0.1, -0.05) is 37.6 Å². The number of para-hydroxylation sites is 1. The van der Waals surface area contributed by atoms with Crippen molar-refractivity contribution in [3.8, 4) is 39.9 Å². The SMILES string of the molecule is COc1cc(C)c(-c2cnn(-c3[c-]c(Oc4[c-]c5c(cc4)c4ccccc4n5-c4cc(C(C)C)ccn4)ccc3)c2)c(C)c1.[Pt+2]. The normalized spacial score (nSPS) is 11.2. The molecule has 3 aromatic heterocycles. The summed E-state index contributed by atoms with van der Waals surface area (Å²) in [4.78, 5) is 4.75. The Balaban J connectivity index is 0.00000357. The van der Waals surface area contributed by atoms with E-state index in [0.29, 0.717) is 17.4 Å². The van der Waals surface area contributed by atoms with Gasteiger partial charge in [0, 0.05) is 35.0 Å². The number of benzene rings is 4. The monoisotopic (exact) mass is 771 g/mol. The second-order valence-corrected chi connectivity index (χ2v) is 11.4. The summed E-state index contributed by atoms with van der Waals surface area (Å²) < 4.78 is 15.8. The van der Waals surface area contributed by atoms with Gasteiger partial charge in [-0.2, -0.15) is 17.2 Å². The van der Waals surface area contributed by atoms with Gasteiger partial charge in [-0.15, -0.1) is 35.7 Å². The molecule has 6 nitrogen and oxygen atoms in total. The van der Waals surface area contributed by atoms with Crippen LogP contribution in [0.5, 0.6) is 17.2 Å². The van der Waals surface area contributed by atoms with Crippen LogP contribution in [0.25, 0.3) is 44.4 Å². The van der Waals surface area contributed by atoms with E-state index >= 15 is 0 Å². The Labute approximate surface area is 277 Å². The maximum Gasteiger partial charge on any atom is 2.00 e. The Morgan fingerprint density at radius 1 is 0.822 bits per heavy atom. The second kappa shape index (κ2) is 12.4. The molecule has 3 heterocycles. The van der Waals surface area contributed by atoms with Crippen LogP contribution in [-0.2, 0) is 21.1 Å². The van der Waals surface area contributed by atoms with Crippen LogP contribution < -0.4 is 9.47 Å². The van der Waals surface area contributed by atoms with Gasteiger partial charge in [0.05, 0.1) is 13.3 Å². The summed E-state index contributed by atoms with van der Waals surface area (Å²) in [6.45, 7) is 8.57. The molecule has 226 valence electrons. The van der Waals surface area contributed by atoms with Gasteiger partial charge in [0.25, 0.3) is 0 Å². The van der Waals surface area contributed by atoms with Gasteiger partial charge in [0.1, 0.15) is 11.6 Å². The molecule has 0 bridgehead atoms. The zero-order valence-corrected chi connectivity index (χ0v) is 28.0. The summed E-state index contributed by atoms with van der Waals surface area (Å²) in [5.41, 5.74) is 8.46. The molecular formula is C38H32N4O2Pt. The molecule has 0 radical (unpaired) electrons. The molecule has 7 heteroatoms. The minimum Gasteiger partial charge on any atom is -0.509 e. The third-order valence-electron chi connectivity index (χ3n) is 8.06. The maximum atomic E-state index is 6.35. The predicted molar refractivity (Wildman–Crippen MR) is 175 cm³/mol. The van der Waals surface area contributed by atoms with Crippen LogP contribution in [0, 0.1) is 26.0 Å². The van der Waals surface area contributed by atoms with Gasteiger partial charge in [0.15, 0.2) is 0 Å². The molecule has 7 aromatic rings. The first-order valence-corrected chi connectivity index (χ1v) is 14.7. The van der Waals surface area contributed by atoms with Crippen LogP contribution in [-0.4, -0.2) is 26.4 Å². The van der Waals surface area contributed by atoms with Crippen LogP contribution in [0.15, 0.2) is 97.5 Å². The minimum absolute atomic E-state index is 0. The number of aryl methyl sites for hydroxylation is 2. The number of methoxy groups -OCH3 is 1. The third kappa shape index (κ3) is 5.67. The van der Waals surface area contributed by atoms with E-state index in [9.17, 15) is 0 Å². The number of pyridine rings is 1. The van der Waals surface area contributed by atoms with E-state index in [1.54, 1.807) is 7.11 Å². The van der Waals surface area contributed by atoms with Crippen molar-refractivity contribution in [2.75, 3.05) is 7.11 Å². The van der Waals surface area contributed by atoms with Gasteiger partial charge in [-0.3, -0.25) is 4.68 Å². The number of hydrogen-bond donors (Lipinski definition) is 0. The van der Waals surface area contributed by atoms with Crippen molar-refractivity contribution in [1.82, 2.24) is 19.3 Å². The molecule has 7 rings (SSSR count). The molecule has 0 aliphatic carbocycles. The molecule has 0 atom stereocenters. The zero-order chi connectivity index (χ0) is 30.4. The molecule has 0 spiro atoms. The molecule has 0 amide bonds. The van der Waals surface area contributed by atoms with E-state index in [1.807, 2.05) is 59.7 Å². The Morgan fingerprint density at radius 2 is 1.60 bits per heavy atom. The van der Waals surface area contributed by atoms with E-state index in [0.717, 1.165) is 61.3 Å². The first-order chi connectivity index (χ1) is 21.4. The zero-order valence-electron chi connectivity index (χ0n) is 25.7. The second-order valence-electron chi connectivity index (χ2n) is 11.4. The fourth-order valence-electron chi connectivity index (χ4n) is 5.92. The van der Waals surface area contributed by atoms with Gasteiger partial charge in [0.2, 0.25) is 0 Å². The summed E-state index contributed by atoms with van der Waals surface area (Å²) in [6.07, 6.45) is 5.78. The van der Waals surface area contributed by atoms with E-state index in [1.165, 1.54) is 5.56 Å². The maximum absolute atomic E-state index is 6.35. The van der Waals surface area contributed by atoms with Crippen LogP contribution in [0.4, 0.5) is 0 Å². The van der Waals surface area contributed by atoms with E-state index in [4.69, 9.17) is 14.5 Å². The summed E-state index contributed by atoms with van der Waals surface area (Å²) in [7, 11) is 1.69. The fraction of sp³-hybridized carbons (Fsp3) is 0.158. The van der Waals surface area contributed by atoms with Gasteiger partial charge in [-0.25, -0.2) is 4.98 Å². The van der Waals surface area contributed by atoms with Crippen molar-refractivity contribution in [2.24, 2.45) is 0 Å². The van der Waals surface area contributed by atoms with Crippen molar-refractivity contribution >= 4 is 21.8 Å². The molecule has 0 saturated carbocycles. The molecular weight excluding hydrogens is 740 g/mol. The Hall–Kier alpha value is -4.67. The average Bonchev–Trinajstić information content (AvgIpc) is 3.64. The fourth-order valence-corrected chi connectivity index (χ4v) is 5.92. The topological polar surface area (TPSA) is 54.1 Å². The molecule has 0 N–H and O–H groups in total. The van der Waals surface area contributed by atoms with Gasteiger partial charge < -0.3 is 14.0 Å². The summed E-state index contributed by atoms with van der Waals surface area (Å²) >= 11 is 0. The van der Waals surface area contributed by atoms with Gasteiger partial charge >= 0.3 is 21.1 Å². The molecule has 0 aliphatic heterocycles. The van der Waals surface area contributed by atoms with Crippen LogP contribution >= 0.6 is 0 Å². The van der Waals surface area contributed by atoms with E-state index in [-0.39, 0.29) is 21.1 Å². The van der Waals surface area contributed by atoms with Crippen molar-refractivity contribution in [3.05, 3.63) is 126 Å². The smallest absolute Gasteiger partial charge is 0.509 e. The summed E-state index contributed by atoms with van der Waals surface area (Å²) in [6, 6.07) is 33.5. The summed E-state index contributed by atoms with van der Waals surface area (Å²) in [5, 5.41) is 6.88. The standard InChI is InChI=1S/C38H32N4O2.Pt/c1-24(2)27-15-16-39-37(19-27)42-35-12-7-6-11-33(35)34-14-13-31(21-36(34)42)44-30-10-8-9-29(20-30)41-23-28(22-40-41)38-25(3)17-32(43-5)18-26(38)4;/h6-19,22-24H,1-5H3;/q-2;+2. The number of hydrogen-bond acceptors (Lipinski definition) is 4. The predicted octanol–water partition coefficient (Wildman–Crippen LogP) is 9.17.